The Morgan fingerprint density at radius 2 is 1.22 bits per heavy atom. The first-order valence-corrected chi connectivity index (χ1v) is 12.5. The summed E-state index contributed by atoms with van der Waals surface area (Å²) in [5.41, 5.74) is 0. The summed E-state index contributed by atoms with van der Waals surface area (Å²) in [7, 11) is 3.93. The van der Waals surface area contributed by atoms with Gasteiger partial charge < -0.3 is 5.11 Å². The summed E-state index contributed by atoms with van der Waals surface area (Å²) < 4.78 is 0. The first-order chi connectivity index (χ1) is 11.3. The summed E-state index contributed by atoms with van der Waals surface area (Å²) in [6, 6.07) is 0. The van der Waals surface area contributed by atoms with Crippen LogP contribution in [0, 0.1) is 0 Å². The third kappa shape index (κ3) is 20.6. The van der Waals surface area contributed by atoms with Gasteiger partial charge >= 0.3 is 0 Å². The van der Waals surface area contributed by atoms with E-state index in [0.717, 1.165) is 25.1 Å². The molecule has 23 heavy (non-hydrogen) atoms. The van der Waals surface area contributed by atoms with Crippen molar-refractivity contribution in [1.29, 1.82) is 0 Å². The molecule has 0 aromatic carbocycles. The Balaban J connectivity index is 3.00. The Kier molecular flexibility index (Phi) is 21.2. The lowest BCUT2D eigenvalue weighted by molar-refractivity contribution is 0.129. The molecular formula is C19H41NOS2. The molecule has 0 spiro atoms. The van der Waals surface area contributed by atoms with Crippen LogP contribution in [0.4, 0.5) is 0 Å². The molecule has 4 heteroatoms. The highest BCUT2D eigenvalue weighted by Crippen LogP contribution is 2.22. The number of unbranched alkanes of at least 4 members (excludes halogenated alkanes) is 10. The van der Waals surface area contributed by atoms with Gasteiger partial charge in [-0.05, 0) is 12.8 Å². The van der Waals surface area contributed by atoms with Crippen molar-refractivity contribution < 1.29 is 5.11 Å². The van der Waals surface area contributed by atoms with Crippen molar-refractivity contribution in [3.05, 3.63) is 0 Å². The molecule has 0 rings (SSSR count). The smallest absolute Gasteiger partial charge is 0.104 e. The standard InChI is InChI=1S/C19H41NOS2/c1-3-5-6-7-8-9-10-11-12-13-14-17-22-23-18-16-20-19(21)15-4-2/h19-21H,3-18H2,1-2H3. The van der Waals surface area contributed by atoms with Crippen molar-refractivity contribution in [1.82, 2.24) is 5.32 Å². The molecule has 0 saturated carbocycles. The number of hydrogen-bond acceptors (Lipinski definition) is 4. The summed E-state index contributed by atoms with van der Waals surface area (Å²) in [6.07, 6.45) is 17.2. The molecule has 2 nitrogen and oxygen atoms in total. The summed E-state index contributed by atoms with van der Waals surface area (Å²) in [5, 5.41) is 12.7. The van der Waals surface area contributed by atoms with E-state index in [1.807, 2.05) is 21.6 Å². The van der Waals surface area contributed by atoms with E-state index >= 15 is 0 Å². The Morgan fingerprint density at radius 3 is 1.78 bits per heavy atom. The lowest BCUT2D eigenvalue weighted by Gasteiger charge is -2.10. The lowest BCUT2D eigenvalue weighted by Crippen LogP contribution is -2.30. The van der Waals surface area contributed by atoms with Gasteiger partial charge in [-0.2, -0.15) is 0 Å². The van der Waals surface area contributed by atoms with Crippen molar-refractivity contribution in [2.45, 2.75) is 104 Å². The van der Waals surface area contributed by atoms with Gasteiger partial charge in [0.2, 0.25) is 0 Å². The second kappa shape index (κ2) is 20.7. The first-order valence-electron chi connectivity index (χ1n) is 9.97. The van der Waals surface area contributed by atoms with Gasteiger partial charge in [-0.25, -0.2) is 0 Å². The van der Waals surface area contributed by atoms with Gasteiger partial charge in [-0.3, -0.25) is 5.32 Å². The predicted molar refractivity (Wildman–Crippen MR) is 110 cm³/mol. The number of aliphatic hydroxyl groups excluding tert-OH is 1. The van der Waals surface area contributed by atoms with Crippen molar-refractivity contribution in [3.63, 3.8) is 0 Å². The predicted octanol–water partition coefficient (Wildman–Crippen LogP) is 6.39. The topological polar surface area (TPSA) is 32.3 Å². The zero-order valence-electron chi connectivity index (χ0n) is 15.7. The van der Waals surface area contributed by atoms with Gasteiger partial charge in [0, 0.05) is 18.1 Å². The van der Waals surface area contributed by atoms with Crippen molar-refractivity contribution >= 4 is 21.6 Å². The molecular weight excluding hydrogens is 322 g/mol. The van der Waals surface area contributed by atoms with Crippen LogP contribution in [-0.2, 0) is 0 Å². The van der Waals surface area contributed by atoms with E-state index in [2.05, 4.69) is 19.2 Å². The second-order valence-electron chi connectivity index (χ2n) is 6.44. The summed E-state index contributed by atoms with van der Waals surface area (Å²) in [4.78, 5) is 0. The maximum absolute atomic E-state index is 9.54. The van der Waals surface area contributed by atoms with Crippen LogP contribution < -0.4 is 5.32 Å². The van der Waals surface area contributed by atoms with E-state index in [1.165, 1.54) is 76.4 Å². The van der Waals surface area contributed by atoms with E-state index in [-0.39, 0.29) is 6.23 Å². The molecule has 1 unspecified atom stereocenters. The molecule has 2 N–H and O–H groups in total. The van der Waals surface area contributed by atoms with Crippen molar-refractivity contribution in [2.75, 3.05) is 18.1 Å². The number of hydrogen-bond donors (Lipinski definition) is 2. The minimum absolute atomic E-state index is 0.308. The first kappa shape index (κ1) is 23.6. The lowest BCUT2D eigenvalue weighted by atomic mass is 10.1. The maximum Gasteiger partial charge on any atom is 0.104 e. The molecule has 0 aromatic rings. The SMILES string of the molecule is CCCCCCCCCCCCCSSCCNC(O)CCC. The molecule has 0 amide bonds. The van der Waals surface area contributed by atoms with Crippen LogP contribution in [0.2, 0.25) is 0 Å². The van der Waals surface area contributed by atoms with E-state index < -0.39 is 0 Å². The molecule has 0 heterocycles. The zero-order valence-corrected chi connectivity index (χ0v) is 17.3. The quantitative estimate of drug-likeness (QED) is 0.158. The fourth-order valence-corrected chi connectivity index (χ4v) is 4.66. The number of rotatable bonds is 19. The van der Waals surface area contributed by atoms with Gasteiger partial charge in [-0.15, -0.1) is 0 Å². The van der Waals surface area contributed by atoms with Crippen molar-refractivity contribution in [3.8, 4) is 0 Å². The fourth-order valence-electron chi connectivity index (χ4n) is 2.59. The summed E-state index contributed by atoms with van der Waals surface area (Å²) in [5.74, 6) is 2.36. The zero-order chi connectivity index (χ0) is 17.0. The third-order valence-electron chi connectivity index (χ3n) is 4.04. The molecule has 1 atom stereocenters. The summed E-state index contributed by atoms with van der Waals surface area (Å²) in [6.45, 7) is 5.30. The van der Waals surface area contributed by atoms with Crippen LogP contribution in [-0.4, -0.2) is 29.4 Å². The molecule has 140 valence electrons. The molecule has 0 saturated heterocycles. The fraction of sp³-hybridized carbons (Fsp3) is 1.00. The molecule has 0 aliphatic rings. The van der Waals surface area contributed by atoms with Crippen molar-refractivity contribution in [2.24, 2.45) is 0 Å². The highest BCUT2D eigenvalue weighted by atomic mass is 33.1. The van der Waals surface area contributed by atoms with E-state index in [0.29, 0.717) is 0 Å². The van der Waals surface area contributed by atoms with Crippen LogP contribution in [0.25, 0.3) is 0 Å². The van der Waals surface area contributed by atoms with Gasteiger partial charge in [0.1, 0.15) is 6.23 Å². The minimum atomic E-state index is -0.308. The molecule has 0 aliphatic carbocycles. The maximum atomic E-state index is 9.54. The second-order valence-corrected chi connectivity index (χ2v) is 9.14. The van der Waals surface area contributed by atoms with Crippen LogP contribution in [0.1, 0.15) is 97.3 Å². The van der Waals surface area contributed by atoms with Gasteiger partial charge in [0.05, 0.1) is 0 Å². The summed E-state index contributed by atoms with van der Waals surface area (Å²) >= 11 is 0. The van der Waals surface area contributed by atoms with Crippen LogP contribution in [0.3, 0.4) is 0 Å². The van der Waals surface area contributed by atoms with Crippen LogP contribution >= 0.6 is 21.6 Å². The highest BCUT2D eigenvalue weighted by Gasteiger charge is 2.00. The Labute approximate surface area is 153 Å². The molecule has 0 aliphatic heterocycles. The highest BCUT2D eigenvalue weighted by molar-refractivity contribution is 8.76. The molecule has 0 fully saturated rings. The monoisotopic (exact) mass is 363 g/mol. The Hall–Kier alpha value is 0.620. The minimum Gasteiger partial charge on any atom is -0.379 e. The molecule has 0 radical (unpaired) electrons. The van der Waals surface area contributed by atoms with E-state index in [1.54, 1.807) is 0 Å². The normalized spacial score (nSPS) is 12.7. The van der Waals surface area contributed by atoms with Gasteiger partial charge in [-0.1, -0.05) is 106 Å². The number of nitrogens with one attached hydrogen (secondary N) is 1. The average molecular weight is 364 g/mol. The number of aliphatic hydroxyl groups is 1. The average Bonchev–Trinajstić information content (AvgIpc) is 2.54. The van der Waals surface area contributed by atoms with Gasteiger partial charge in [0.25, 0.3) is 0 Å². The largest absolute Gasteiger partial charge is 0.379 e. The van der Waals surface area contributed by atoms with Crippen LogP contribution in [0.5, 0.6) is 0 Å². The van der Waals surface area contributed by atoms with Gasteiger partial charge in [0.15, 0.2) is 0 Å². The molecule has 0 bridgehead atoms. The third-order valence-corrected chi connectivity index (χ3v) is 6.53. The van der Waals surface area contributed by atoms with E-state index in [4.69, 9.17) is 0 Å². The molecule has 0 aromatic heterocycles. The Morgan fingerprint density at radius 1 is 0.696 bits per heavy atom. The van der Waals surface area contributed by atoms with E-state index in [9.17, 15) is 5.11 Å². The van der Waals surface area contributed by atoms with Crippen LogP contribution in [0.15, 0.2) is 0 Å². The Bertz CT molecular complexity index is 218.